The number of rotatable bonds is 9. The summed E-state index contributed by atoms with van der Waals surface area (Å²) in [4.78, 5) is 17.4. The van der Waals surface area contributed by atoms with Crippen molar-refractivity contribution in [3.05, 3.63) is 25.3 Å². The average molecular weight is 269 g/mol. The molecule has 1 amide bonds. The van der Waals surface area contributed by atoms with Crippen molar-refractivity contribution < 1.29 is 14.4 Å². The number of allylic oxidation sites excluding steroid dienone is 1. The van der Waals surface area contributed by atoms with E-state index in [1.54, 1.807) is 6.08 Å². The molecule has 0 aliphatic carbocycles. The van der Waals surface area contributed by atoms with Crippen LogP contribution in [0.3, 0.4) is 0 Å². The van der Waals surface area contributed by atoms with Gasteiger partial charge in [-0.3, -0.25) is 4.84 Å². The molecule has 0 bridgehead atoms. The molecule has 0 unspecified atom stereocenters. The van der Waals surface area contributed by atoms with Crippen LogP contribution in [0, 0.1) is 0 Å². The average Bonchev–Trinajstić information content (AvgIpc) is 2.30. The summed E-state index contributed by atoms with van der Waals surface area (Å²) in [7, 11) is 0. The largest absolute Gasteiger partial charge is 0.442 e. The molecule has 19 heavy (non-hydrogen) atoms. The SMILES string of the molecule is C=CCCCCON(CCC=C)C(=O)OC(C)(C)C. The molecule has 0 rings (SSSR count). The fourth-order valence-electron chi connectivity index (χ4n) is 1.30. The first kappa shape index (κ1) is 17.7. The fourth-order valence-corrected chi connectivity index (χ4v) is 1.30. The third-order valence-corrected chi connectivity index (χ3v) is 2.18. The van der Waals surface area contributed by atoms with E-state index in [1.807, 2.05) is 26.8 Å². The Bertz CT molecular complexity index is 282. The zero-order valence-corrected chi connectivity index (χ0v) is 12.5. The van der Waals surface area contributed by atoms with Gasteiger partial charge in [0.1, 0.15) is 5.60 Å². The van der Waals surface area contributed by atoms with E-state index in [0.29, 0.717) is 19.6 Å². The van der Waals surface area contributed by atoms with Gasteiger partial charge in [-0.15, -0.1) is 13.2 Å². The molecule has 0 atom stereocenters. The second-order valence-corrected chi connectivity index (χ2v) is 5.28. The summed E-state index contributed by atoms with van der Waals surface area (Å²) >= 11 is 0. The van der Waals surface area contributed by atoms with E-state index in [9.17, 15) is 4.79 Å². The Balaban J connectivity index is 4.17. The van der Waals surface area contributed by atoms with E-state index in [1.165, 1.54) is 5.06 Å². The molecule has 0 saturated heterocycles. The number of amides is 1. The Hall–Kier alpha value is -1.29. The van der Waals surface area contributed by atoms with Gasteiger partial charge in [-0.05, 0) is 46.5 Å². The highest BCUT2D eigenvalue weighted by atomic mass is 16.7. The Morgan fingerprint density at radius 2 is 1.79 bits per heavy atom. The molecule has 0 fully saturated rings. The maximum absolute atomic E-state index is 11.9. The van der Waals surface area contributed by atoms with Crippen molar-refractivity contribution >= 4 is 6.09 Å². The number of carbonyl (C=O) groups is 1. The van der Waals surface area contributed by atoms with Crippen molar-refractivity contribution in [3.63, 3.8) is 0 Å². The first-order valence-corrected chi connectivity index (χ1v) is 6.76. The molecule has 0 radical (unpaired) electrons. The molecule has 0 aliphatic heterocycles. The normalized spacial score (nSPS) is 10.9. The molecule has 0 aromatic heterocycles. The molecule has 4 nitrogen and oxygen atoms in total. The van der Waals surface area contributed by atoms with Crippen LogP contribution in [0.2, 0.25) is 0 Å². The lowest BCUT2D eigenvalue weighted by Gasteiger charge is -2.26. The molecule has 0 heterocycles. The Kier molecular flexibility index (Phi) is 8.96. The highest BCUT2D eigenvalue weighted by Gasteiger charge is 2.22. The van der Waals surface area contributed by atoms with E-state index in [-0.39, 0.29) is 0 Å². The van der Waals surface area contributed by atoms with Gasteiger partial charge in [-0.1, -0.05) is 12.2 Å². The van der Waals surface area contributed by atoms with Gasteiger partial charge in [-0.2, -0.15) is 5.06 Å². The molecule has 0 N–H and O–H groups in total. The van der Waals surface area contributed by atoms with Crippen LogP contribution in [0.25, 0.3) is 0 Å². The lowest BCUT2D eigenvalue weighted by atomic mass is 10.2. The fraction of sp³-hybridized carbons (Fsp3) is 0.667. The van der Waals surface area contributed by atoms with Gasteiger partial charge in [-0.25, -0.2) is 4.79 Å². The maximum Gasteiger partial charge on any atom is 0.434 e. The number of hydrogen-bond donors (Lipinski definition) is 0. The summed E-state index contributed by atoms with van der Waals surface area (Å²) in [6.45, 7) is 13.8. The van der Waals surface area contributed by atoms with E-state index >= 15 is 0 Å². The van der Waals surface area contributed by atoms with Gasteiger partial charge in [0.15, 0.2) is 0 Å². The van der Waals surface area contributed by atoms with E-state index in [0.717, 1.165) is 19.3 Å². The predicted molar refractivity (Wildman–Crippen MR) is 77.8 cm³/mol. The van der Waals surface area contributed by atoms with Crippen molar-refractivity contribution in [1.29, 1.82) is 0 Å². The number of unbranched alkanes of at least 4 members (excludes halogenated alkanes) is 2. The number of ether oxygens (including phenoxy) is 1. The maximum atomic E-state index is 11.9. The Labute approximate surface area is 117 Å². The monoisotopic (exact) mass is 269 g/mol. The minimum atomic E-state index is -0.518. The molecule has 0 aromatic rings. The summed E-state index contributed by atoms with van der Waals surface area (Å²) in [5, 5.41) is 1.28. The van der Waals surface area contributed by atoms with Crippen LogP contribution < -0.4 is 0 Å². The standard InChI is InChI=1S/C15H27NO3/c1-6-8-10-11-13-18-16(12-9-7-2)14(17)19-15(3,4)5/h6-7H,1-2,8-13H2,3-5H3. The first-order valence-electron chi connectivity index (χ1n) is 6.76. The number of hydrogen-bond acceptors (Lipinski definition) is 3. The van der Waals surface area contributed by atoms with Gasteiger partial charge < -0.3 is 4.74 Å². The van der Waals surface area contributed by atoms with Crippen LogP contribution >= 0.6 is 0 Å². The highest BCUT2D eigenvalue weighted by Crippen LogP contribution is 2.11. The number of carbonyl (C=O) groups excluding carboxylic acids is 1. The predicted octanol–water partition coefficient (Wildman–Crippen LogP) is 4.09. The molecular formula is C15H27NO3. The van der Waals surface area contributed by atoms with Gasteiger partial charge in [0.05, 0.1) is 13.2 Å². The molecule has 0 aromatic carbocycles. The molecule has 4 heteroatoms. The van der Waals surface area contributed by atoms with Crippen molar-refractivity contribution in [3.8, 4) is 0 Å². The third kappa shape index (κ3) is 10.3. The number of hydroxylamine groups is 2. The van der Waals surface area contributed by atoms with E-state index < -0.39 is 11.7 Å². The van der Waals surface area contributed by atoms with Gasteiger partial charge >= 0.3 is 6.09 Å². The van der Waals surface area contributed by atoms with Gasteiger partial charge in [0, 0.05) is 0 Å². The van der Waals surface area contributed by atoms with Crippen LogP contribution in [-0.2, 0) is 9.57 Å². The van der Waals surface area contributed by atoms with Crippen LogP contribution in [0.4, 0.5) is 4.79 Å². The van der Waals surface area contributed by atoms with Crippen molar-refractivity contribution in [2.45, 2.75) is 52.1 Å². The van der Waals surface area contributed by atoms with Crippen molar-refractivity contribution in [1.82, 2.24) is 5.06 Å². The minimum absolute atomic E-state index is 0.446. The van der Waals surface area contributed by atoms with Crippen LogP contribution in [0.5, 0.6) is 0 Å². The van der Waals surface area contributed by atoms with Crippen LogP contribution in [-0.4, -0.2) is 29.9 Å². The van der Waals surface area contributed by atoms with Crippen LogP contribution in [0.15, 0.2) is 25.3 Å². The summed E-state index contributed by atoms with van der Waals surface area (Å²) in [6.07, 6.45) is 6.71. The van der Waals surface area contributed by atoms with E-state index in [2.05, 4.69) is 13.2 Å². The lowest BCUT2D eigenvalue weighted by molar-refractivity contribution is -0.147. The zero-order valence-electron chi connectivity index (χ0n) is 12.5. The lowest BCUT2D eigenvalue weighted by Crippen LogP contribution is -2.37. The molecular weight excluding hydrogens is 242 g/mol. The van der Waals surface area contributed by atoms with Crippen LogP contribution in [0.1, 0.15) is 46.5 Å². The Morgan fingerprint density at radius 3 is 2.32 bits per heavy atom. The third-order valence-electron chi connectivity index (χ3n) is 2.18. The van der Waals surface area contributed by atoms with E-state index in [4.69, 9.17) is 9.57 Å². The molecule has 0 saturated carbocycles. The smallest absolute Gasteiger partial charge is 0.434 e. The first-order chi connectivity index (χ1) is 8.90. The minimum Gasteiger partial charge on any atom is -0.442 e. The van der Waals surface area contributed by atoms with Crippen molar-refractivity contribution in [2.75, 3.05) is 13.2 Å². The summed E-state index contributed by atoms with van der Waals surface area (Å²) in [6, 6.07) is 0. The van der Waals surface area contributed by atoms with Gasteiger partial charge in [0.25, 0.3) is 0 Å². The summed E-state index contributed by atoms with van der Waals surface area (Å²) in [5.41, 5.74) is -0.518. The molecule has 0 spiro atoms. The molecule has 110 valence electrons. The summed E-state index contributed by atoms with van der Waals surface area (Å²) in [5.74, 6) is 0. The van der Waals surface area contributed by atoms with Gasteiger partial charge in [0.2, 0.25) is 0 Å². The topological polar surface area (TPSA) is 38.8 Å². The second-order valence-electron chi connectivity index (χ2n) is 5.28. The quantitative estimate of drug-likeness (QED) is 0.359. The number of nitrogens with zero attached hydrogens (tertiary/aromatic N) is 1. The Morgan fingerprint density at radius 1 is 1.16 bits per heavy atom. The second kappa shape index (κ2) is 9.62. The molecule has 0 aliphatic rings. The summed E-state index contributed by atoms with van der Waals surface area (Å²) < 4.78 is 5.29. The highest BCUT2D eigenvalue weighted by molar-refractivity contribution is 5.66. The zero-order chi connectivity index (χ0) is 14.7. The van der Waals surface area contributed by atoms with Crippen molar-refractivity contribution in [2.24, 2.45) is 0 Å².